The first-order chi connectivity index (χ1) is 17.0. The Morgan fingerprint density at radius 1 is 0.943 bits per heavy atom. The van der Waals surface area contributed by atoms with Crippen molar-refractivity contribution in [2.45, 2.75) is 26.2 Å². The number of imide groups is 1. The summed E-state index contributed by atoms with van der Waals surface area (Å²) in [5.74, 6) is 1.08. The predicted octanol–water partition coefficient (Wildman–Crippen LogP) is 4.70. The summed E-state index contributed by atoms with van der Waals surface area (Å²) in [6.07, 6.45) is 3.71. The molecule has 9 nitrogen and oxygen atoms in total. The highest BCUT2D eigenvalue weighted by Gasteiger charge is 2.18. The summed E-state index contributed by atoms with van der Waals surface area (Å²) in [6, 6.07) is 17.0. The molecule has 1 saturated heterocycles. The van der Waals surface area contributed by atoms with Crippen LogP contribution in [-0.2, 0) is 11.2 Å². The number of aromatic nitrogens is 1. The normalized spacial score (nSPS) is 12.7. The van der Waals surface area contributed by atoms with Gasteiger partial charge in [-0.3, -0.25) is 15.4 Å². The Labute approximate surface area is 203 Å². The third-order valence-electron chi connectivity index (χ3n) is 5.50. The van der Waals surface area contributed by atoms with Gasteiger partial charge < -0.3 is 15.0 Å². The summed E-state index contributed by atoms with van der Waals surface area (Å²) in [7, 11) is 0. The number of hydrogen-bond donors (Lipinski definition) is 3. The van der Waals surface area contributed by atoms with Gasteiger partial charge in [0.15, 0.2) is 0 Å². The molecule has 1 fully saturated rings. The number of carbonyl (C=O) groups excluding carboxylic acids is 3. The molecule has 3 N–H and O–H groups in total. The molecule has 180 valence electrons. The Hall–Kier alpha value is -4.40. The van der Waals surface area contributed by atoms with Crippen LogP contribution in [0.2, 0.25) is 0 Å². The Bertz CT molecular complexity index is 1210. The molecule has 0 bridgehead atoms. The predicted molar refractivity (Wildman–Crippen MR) is 133 cm³/mol. The molecule has 4 rings (SSSR count). The maximum Gasteiger partial charge on any atom is 0.325 e. The van der Waals surface area contributed by atoms with E-state index < -0.39 is 11.9 Å². The van der Waals surface area contributed by atoms with E-state index in [1.165, 1.54) is 0 Å². The van der Waals surface area contributed by atoms with E-state index in [1.54, 1.807) is 41.4 Å². The minimum atomic E-state index is -0.602. The van der Waals surface area contributed by atoms with Crippen molar-refractivity contribution in [1.29, 1.82) is 0 Å². The van der Waals surface area contributed by atoms with E-state index in [9.17, 15) is 14.4 Å². The molecule has 9 heteroatoms. The van der Waals surface area contributed by atoms with E-state index in [4.69, 9.17) is 4.74 Å². The number of nitrogens with zero attached hydrogens (tertiary/aromatic N) is 2. The Kier molecular flexibility index (Phi) is 7.57. The van der Waals surface area contributed by atoms with Crippen LogP contribution in [0.15, 0.2) is 66.9 Å². The van der Waals surface area contributed by atoms with Crippen molar-refractivity contribution in [3.8, 4) is 11.5 Å². The summed E-state index contributed by atoms with van der Waals surface area (Å²) < 4.78 is 5.91. The highest BCUT2D eigenvalue weighted by Crippen LogP contribution is 2.27. The standard InChI is InChI=1S/C26H27N5O4/c1-18-15-20(35-21-11-12-27-23(17-21)29-26(34)31-13-5-6-14-31)9-10-22(18)28-25(33)30-24(32)16-19-7-3-2-4-8-19/h2-4,7-12,15,17H,5-6,13-14,16H2,1H3,(H,27,29,34)(H2,28,30,32,33). The summed E-state index contributed by atoms with van der Waals surface area (Å²) in [6.45, 7) is 3.32. The quantitative estimate of drug-likeness (QED) is 0.480. The van der Waals surface area contributed by atoms with Crippen LogP contribution in [0, 0.1) is 6.92 Å². The fourth-order valence-electron chi connectivity index (χ4n) is 3.73. The second kappa shape index (κ2) is 11.1. The lowest BCUT2D eigenvalue weighted by molar-refractivity contribution is -0.119. The van der Waals surface area contributed by atoms with Crippen molar-refractivity contribution < 1.29 is 19.1 Å². The number of nitrogens with one attached hydrogen (secondary N) is 3. The molecule has 0 aliphatic carbocycles. The van der Waals surface area contributed by atoms with E-state index in [0.29, 0.717) is 23.0 Å². The molecule has 5 amide bonds. The molecule has 0 saturated carbocycles. The van der Waals surface area contributed by atoms with Gasteiger partial charge in [-0.25, -0.2) is 14.6 Å². The van der Waals surface area contributed by atoms with E-state index in [-0.39, 0.29) is 12.5 Å². The minimum Gasteiger partial charge on any atom is -0.457 e. The Morgan fingerprint density at radius 3 is 2.43 bits per heavy atom. The van der Waals surface area contributed by atoms with Gasteiger partial charge in [0, 0.05) is 31.0 Å². The highest BCUT2D eigenvalue weighted by atomic mass is 16.5. The maximum atomic E-state index is 12.3. The lowest BCUT2D eigenvalue weighted by atomic mass is 10.1. The molecule has 1 aliphatic heterocycles. The zero-order valence-electron chi connectivity index (χ0n) is 19.4. The molecule has 1 aliphatic rings. The largest absolute Gasteiger partial charge is 0.457 e. The summed E-state index contributed by atoms with van der Waals surface area (Å²) in [4.78, 5) is 42.6. The first kappa shape index (κ1) is 23.7. The maximum absolute atomic E-state index is 12.3. The smallest absolute Gasteiger partial charge is 0.325 e. The molecule has 0 radical (unpaired) electrons. The van der Waals surface area contributed by atoms with Gasteiger partial charge in [-0.15, -0.1) is 0 Å². The number of amides is 5. The molecule has 0 unspecified atom stereocenters. The van der Waals surface area contributed by atoms with E-state index >= 15 is 0 Å². The second-order valence-corrected chi connectivity index (χ2v) is 8.24. The fraction of sp³-hybridized carbons (Fsp3) is 0.231. The average Bonchev–Trinajstić information content (AvgIpc) is 3.37. The summed E-state index contributed by atoms with van der Waals surface area (Å²) in [5.41, 5.74) is 2.13. The molecule has 1 aromatic heterocycles. The van der Waals surface area contributed by atoms with Crippen LogP contribution in [0.25, 0.3) is 0 Å². The van der Waals surface area contributed by atoms with Gasteiger partial charge in [-0.2, -0.15) is 0 Å². The fourth-order valence-corrected chi connectivity index (χ4v) is 3.73. The molecular formula is C26H27N5O4. The highest BCUT2D eigenvalue weighted by molar-refractivity contribution is 6.02. The number of anilines is 2. The van der Waals surface area contributed by atoms with E-state index in [0.717, 1.165) is 37.1 Å². The van der Waals surface area contributed by atoms with Gasteiger partial charge in [0.05, 0.1) is 6.42 Å². The van der Waals surface area contributed by atoms with Gasteiger partial charge in [-0.05, 0) is 55.2 Å². The van der Waals surface area contributed by atoms with Gasteiger partial charge in [0.1, 0.15) is 17.3 Å². The van der Waals surface area contributed by atoms with E-state index in [2.05, 4.69) is 20.9 Å². The van der Waals surface area contributed by atoms with Crippen LogP contribution in [0.3, 0.4) is 0 Å². The molecular weight excluding hydrogens is 446 g/mol. The Morgan fingerprint density at radius 2 is 1.69 bits per heavy atom. The van der Waals surface area contributed by atoms with Crippen molar-refractivity contribution >= 4 is 29.5 Å². The van der Waals surface area contributed by atoms with E-state index in [1.807, 2.05) is 37.3 Å². The van der Waals surface area contributed by atoms with Crippen LogP contribution in [0.1, 0.15) is 24.0 Å². The zero-order chi connectivity index (χ0) is 24.6. The number of hydrogen-bond acceptors (Lipinski definition) is 5. The number of rotatable bonds is 6. The monoisotopic (exact) mass is 473 g/mol. The topological polar surface area (TPSA) is 113 Å². The lowest BCUT2D eigenvalue weighted by Gasteiger charge is -2.16. The van der Waals surface area contributed by atoms with Gasteiger partial charge in [0.2, 0.25) is 5.91 Å². The van der Waals surface area contributed by atoms with Crippen LogP contribution >= 0.6 is 0 Å². The molecule has 35 heavy (non-hydrogen) atoms. The van der Waals surface area contributed by atoms with Crippen molar-refractivity contribution in [3.63, 3.8) is 0 Å². The zero-order valence-corrected chi connectivity index (χ0v) is 19.4. The molecule has 3 aromatic rings. The third-order valence-corrected chi connectivity index (χ3v) is 5.50. The number of likely N-dealkylation sites (tertiary alicyclic amines) is 1. The number of ether oxygens (including phenoxy) is 1. The lowest BCUT2D eigenvalue weighted by Crippen LogP contribution is -2.35. The van der Waals surface area contributed by atoms with Crippen LogP contribution in [0.5, 0.6) is 11.5 Å². The van der Waals surface area contributed by atoms with Crippen LogP contribution < -0.4 is 20.7 Å². The number of carbonyl (C=O) groups is 3. The number of pyridine rings is 1. The number of aryl methyl sites for hydroxylation is 1. The van der Waals surface area contributed by atoms with Gasteiger partial charge in [0.25, 0.3) is 0 Å². The van der Waals surface area contributed by atoms with Crippen LogP contribution in [0.4, 0.5) is 21.1 Å². The van der Waals surface area contributed by atoms with Crippen molar-refractivity contribution in [1.82, 2.24) is 15.2 Å². The van der Waals surface area contributed by atoms with Crippen molar-refractivity contribution in [2.24, 2.45) is 0 Å². The van der Waals surface area contributed by atoms with Gasteiger partial charge in [-0.1, -0.05) is 30.3 Å². The van der Waals surface area contributed by atoms with Crippen molar-refractivity contribution in [3.05, 3.63) is 78.0 Å². The van der Waals surface area contributed by atoms with Gasteiger partial charge >= 0.3 is 12.1 Å². The molecule has 2 heterocycles. The second-order valence-electron chi connectivity index (χ2n) is 8.24. The van der Waals surface area contributed by atoms with Crippen molar-refractivity contribution in [2.75, 3.05) is 23.7 Å². The SMILES string of the molecule is Cc1cc(Oc2ccnc(NC(=O)N3CCCC3)c2)ccc1NC(=O)NC(=O)Cc1ccccc1. The summed E-state index contributed by atoms with van der Waals surface area (Å²) in [5, 5.41) is 7.82. The molecule has 0 atom stereocenters. The average molecular weight is 474 g/mol. The molecule has 2 aromatic carbocycles. The third kappa shape index (κ3) is 6.80. The first-order valence-corrected chi connectivity index (χ1v) is 11.4. The minimum absolute atomic E-state index is 0.117. The Balaban J connectivity index is 1.32. The first-order valence-electron chi connectivity index (χ1n) is 11.4. The summed E-state index contributed by atoms with van der Waals surface area (Å²) >= 11 is 0. The number of urea groups is 2. The van der Waals surface area contributed by atoms with Crippen LogP contribution in [-0.4, -0.2) is 40.9 Å². The number of benzene rings is 2. The molecule has 0 spiro atoms.